The predicted molar refractivity (Wildman–Crippen MR) is 133 cm³/mol. The molecule has 0 radical (unpaired) electrons. The van der Waals surface area contributed by atoms with E-state index >= 15 is 0 Å². The Kier molecular flexibility index (Phi) is 5.09. The van der Waals surface area contributed by atoms with Crippen LogP contribution in [0.2, 0.25) is 0 Å². The van der Waals surface area contributed by atoms with Crippen LogP contribution in [0.5, 0.6) is 0 Å². The number of carboxylic acids is 1. The maximum Gasteiger partial charge on any atom is 0.310 e. The first-order valence-electron chi connectivity index (χ1n) is 13.7. The largest absolute Gasteiger partial charge is 0.481 e. The van der Waals surface area contributed by atoms with Gasteiger partial charge in [-0.3, -0.25) is 14.4 Å². The Balaban J connectivity index is 1.68. The van der Waals surface area contributed by atoms with Gasteiger partial charge in [0.25, 0.3) is 0 Å². The zero-order chi connectivity index (χ0) is 26.0. The van der Waals surface area contributed by atoms with Crippen molar-refractivity contribution in [3.8, 4) is 0 Å². The maximum absolute atomic E-state index is 14.0. The van der Waals surface area contributed by atoms with E-state index in [1.807, 2.05) is 27.7 Å². The van der Waals surface area contributed by atoms with E-state index in [2.05, 4.69) is 26.8 Å². The van der Waals surface area contributed by atoms with E-state index in [4.69, 9.17) is 0 Å². The molecule has 0 aliphatic heterocycles. The van der Waals surface area contributed by atoms with Gasteiger partial charge in [0.05, 0.1) is 11.0 Å². The fourth-order valence-corrected chi connectivity index (χ4v) is 10.5. The van der Waals surface area contributed by atoms with Gasteiger partial charge in [0.15, 0.2) is 0 Å². The zero-order valence-electron chi connectivity index (χ0n) is 22.7. The van der Waals surface area contributed by atoms with Crippen LogP contribution in [-0.2, 0) is 14.4 Å². The molecule has 0 saturated heterocycles. The molecule has 5 rings (SSSR count). The minimum atomic E-state index is -1.11. The van der Waals surface area contributed by atoms with Gasteiger partial charge in [-0.15, -0.1) is 0 Å². The molecule has 4 saturated carbocycles. The summed E-state index contributed by atoms with van der Waals surface area (Å²) < 4.78 is 0. The van der Waals surface area contributed by atoms with Gasteiger partial charge < -0.3 is 10.2 Å². The van der Waals surface area contributed by atoms with E-state index in [0.29, 0.717) is 32.1 Å². The molecule has 5 aliphatic rings. The van der Waals surface area contributed by atoms with Crippen LogP contribution in [-0.4, -0.2) is 33.3 Å². The number of aliphatic carboxylic acids is 1. The Morgan fingerprint density at radius 1 is 0.971 bits per heavy atom. The van der Waals surface area contributed by atoms with Crippen LogP contribution >= 0.6 is 0 Å². The number of carboxylic acid groups (broad SMARTS) is 1. The fraction of sp³-hybridized carbons (Fsp3) is 0.833. The molecule has 194 valence electrons. The number of Topliss-reactive ketones (excluding diaryl/α,β-unsaturated/α-hetero) is 2. The molecular formula is C30H44O5. The number of hydrogen-bond donors (Lipinski definition) is 2. The van der Waals surface area contributed by atoms with E-state index in [1.54, 1.807) is 0 Å². The highest BCUT2D eigenvalue weighted by molar-refractivity contribution is 5.95. The van der Waals surface area contributed by atoms with Crippen molar-refractivity contribution in [3.05, 3.63) is 11.6 Å². The Labute approximate surface area is 210 Å². The Morgan fingerprint density at radius 3 is 2.26 bits per heavy atom. The molecule has 2 N–H and O–H groups in total. The van der Waals surface area contributed by atoms with Gasteiger partial charge in [0.1, 0.15) is 11.6 Å². The summed E-state index contributed by atoms with van der Waals surface area (Å²) in [6, 6.07) is 0. The van der Waals surface area contributed by atoms with Gasteiger partial charge in [-0.2, -0.15) is 0 Å². The second kappa shape index (κ2) is 7.08. The number of carbonyl (C=O) groups is 3. The standard InChI is InChI=1S/C30H44O5/c1-17-10-13-30(24(33)34)15-14-27(5)18(22(30)29(17,7)35)8-9-20-26(4)12-11-21(32)25(2,3)23(26)19(31)16-28(20,27)6/h8,17,20,22-23,35H,9-16H2,1-7H3,(H,33,34)/t17-,20-,22-,23+,26-,27-,28-,29-,30+/m1/s1. The third-order valence-corrected chi connectivity index (χ3v) is 12.9. The molecule has 35 heavy (non-hydrogen) atoms. The van der Waals surface area contributed by atoms with Crippen molar-refractivity contribution in [2.75, 3.05) is 0 Å². The lowest BCUT2D eigenvalue weighted by Crippen LogP contribution is -2.69. The van der Waals surface area contributed by atoms with Crippen molar-refractivity contribution >= 4 is 17.5 Å². The normalized spacial score (nSPS) is 53.0. The quantitative estimate of drug-likeness (QED) is 0.473. The molecule has 0 spiro atoms. The number of carbonyl (C=O) groups excluding carboxylic acids is 2. The van der Waals surface area contributed by atoms with Crippen LogP contribution in [0, 0.1) is 50.7 Å². The number of hydrogen-bond acceptors (Lipinski definition) is 4. The van der Waals surface area contributed by atoms with E-state index in [1.165, 1.54) is 0 Å². The molecule has 0 heterocycles. The van der Waals surface area contributed by atoms with Crippen molar-refractivity contribution in [2.45, 2.75) is 105 Å². The van der Waals surface area contributed by atoms with E-state index in [9.17, 15) is 24.6 Å². The monoisotopic (exact) mass is 484 g/mol. The number of aliphatic hydroxyl groups is 1. The predicted octanol–water partition coefficient (Wildman–Crippen LogP) is 5.59. The Morgan fingerprint density at radius 2 is 1.63 bits per heavy atom. The minimum absolute atomic E-state index is 0.00814. The average molecular weight is 485 g/mol. The van der Waals surface area contributed by atoms with Gasteiger partial charge in [-0.1, -0.05) is 53.2 Å². The number of allylic oxidation sites excluding steroid dienone is 1. The summed E-state index contributed by atoms with van der Waals surface area (Å²) in [5.74, 6) is -0.859. The van der Waals surface area contributed by atoms with E-state index in [-0.39, 0.29) is 45.6 Å². The lowest BCUT2D eigenvalue weighted by molar-refractivity contribution is -0.206. The summed E-state index contributed by atoms with van der Waals surface area (Å²) in [6.07, 6.45) is 7.29. The summed E-state index contributed by atoms with van der Waals surface area (Å²) in [5, 5.41) is 22.4. The van der Waals surface area contributed by atoms with Crippen LogP contribution in [0.3, 0.4) is 0 Å². The summed E-state index contributed by atoms with van der Waals surface area (Å²) in [4.78, 5) is 39.7. The lowest BCUT2D eigenvalue weighted by atomic mass is 9.33. The van der Waals surface area contributed by atoms with Gasteiger partial charge in [-0.25, -0.2) is 0 Å². The Bertz CT molecular complexity index is 1040. The summed E-state index contributed by atoms with van der Waals surface area (Å²) >= 11 is 0. The van der Waals surface area contributed by atoms with Crippen LogP contribution in [0.15, 0.2) is 11.6 Å². The van der Waals surface area contributed by atoms with Crippen molar-refractivity contribution in [3.63, 3.8) is 0 Å². The zero-order valence-corrected chi connectivity index (χ0v) is 22.7. The molecule has 0 amide bonds. The third kappa shape index (κ3) is 2.77. The maximum atomic E-state index is 14.0. The molecule has 0 bridgehead atoms. The molecule has 5 aliphatic carbocycles. The second-order valence-corrected chi connectivity index (χ2v) is 14.5. The molecule has 4 fully saturated rings. The van der Waals surface area contributed by atoms with Crippen LogP contribution in [0.4, 0.5) is 0 Å². The lowest BCUT2D eigenvalue weighted by Gasteiger charge is -2.70. The topological polar surface area (TPSA) is 91.7 Å². The molecule has 0 aromatic rings. The SMILES string of the molecule is C[C@@H]1CC[C@]2(C(=O)O)CC[C@]3(C)C(=CC[C@@H]4[C@@]5(C)CCC(=O)C(C)(C)[C@@H]5C(=O)C[C@]43C)[C@@H]2[C@]1(C)O. The highest BCUT2D eigenvalue weighted by Crippen LogP contribution is 2.75. The molecule has 5 heteroatoms. The highest BCUT2D eigenvalue weighted by atomic mass is 16.4. The molecule has 0 aromatic carbocycles. The van der Waals surface area contributed by atoms with E-state index < -0.39 is 28.3 Å². The van der Waals surface area contributed by atoms with Crippen molar-refractivity contribution < 1.29 is 24.6 Å². The van der Waals surface area contributed by atoms with Gasteiger partial charge in [0, 0.05) is 30.1 Å². The molecule has 9 atom stereocenters. The molecule has 0 unspecified atom stereocenters. The van der Waals surface area contributed by atoms with Crippen LogP contribution < -0.4 is 0 Å². The van der Waals surface area contributed by atoms with Crippen LogP contribution in [0.1, 0.15) is 99.8 Å². The first-order valence-corrected chi connectivity index (χ1v) is 13.7. The van der Waals surface area contributed by atoms with Crippen molar-refractivity contribution in [1.82, 2.24) is 0 Å². The molecule has 0 aromatic heterocycles. The smallest absolute Gasteiger partial charge is 0.310 e. The second-order valence-electron chi connectivity index (χ2n) is 14.5. The van der Waals surface area contributed by atoms with Crippen LogP contribution in [0.25, 0.3) is 0 Å². The van der Waals surface area contributed by atoms with Crippen molar-refractivity contribution in [2.24, 2.45) is 50.7 Å². The van der Waals surface area contributed by atoms with Gasteiger partial charge >= 0.3 is 5.97 Å². The molecular weight excluding hydrogens is 440 g/mol. The highest BCUT2D eigenvalue weighted by Gasteiger charge is 2.72. The number of rotatable bonds is 1. The van der Waals surface area contributed by atoms with E-state index in [0.717, 1.165) is 24.8 Å². The fourth-order valence-electron chi connectivity index (χ4n) is 10.5. The first kappa shape index (κ1) is 25.2. The van der Waals surface area contributed by atoms with Gasteiger partial charge in [0.2, 0.25) is 0 Å². The number of fused-ring (bicyclic) bond motifs is 7. The van der Waals surface area contributed by atoms with Gasteiger partial charge in [-0.05, 0) is 73.5 Å². The summed E-state index contributed by atoms with van der Waals surface area (Å²) in [5.41, 5.74) is -2.60. The average Bonchev–Trinajstić information content (AvgIpc) is 2.74. The number of ketones is 2. The van der Waals surface area contributed by atoms with Crippen molar-refractivity contribution in [1.29, 1.82) is 0 Å². The summed E-state index contributed by atoms with van der Waals surface area (Å²) in [7, 11) is 0. The minimum Gasteiger partial charge on any atom is -0.481 e. The Hall–Kier alpha value is -1.49. The summed E-state index contributed by atoms with van der Waals surface area (Å²) in [6.45, 7) is 14.6. The third-order valence-electron chi connectivity index (χ3n) is 12.9. The molecule has 5 nitrogen and oxygen atoms in total. The first-order chi connectivity index (χ1) is 16.0.